The molecule has 1 aliphatic rings. The quantitative estimate of drug-likeness (QED) is 0.802. The van der Waals surface area contributed by atoms with Crippen molar-refractivity contribution in [3.63, 3.8) is 0 Å². The van der Waals surface area contributed by atoms with Gasteiger partial charge >= 0.3 is 11.9 Å². The third-order valence-electron chi connectivity index (χ3n) is 2.68. The first kappa shape index (κ1) is 13.9. The van der Waals surface area contributed by atoms with Gasteiger partial charge in [0.15, 0.2) is 6.61 Å². The first-order valence-electron chi connectivity index (χ1n) is 5.86. The number of ether oxygens (including phenoxy) is 2. The lowest BCUT2D eigenvalue weighted by Gasteiger charge is -2.09. The van der Waals surface area contributed by atoms with Crippen molar-refractivity contribution in [2.75, 3.05) is 13.7 Å². The van der Waals surface area contributed by atoms with Crippen LogP contribution in [0.5, 0.6) is 5.75 Å². The number of nitrogens with zero attached hydrogens (tertiary/aromatic N) is 1. The molecule has 0 amide bonds. The van der Waals surface area contributed by atoms with Crippen molar-refractivity contribution >= 4 is 17.7 Å². The summed E-state index contributed by atoms with van der Waals surface area (Å²) in [5.74, 6) is -1.20. The number of carboxylic acid groups (broad SMARTS) is 1. The molecule has 7 nitrogen and oxygen atoms in total. The normalized spacial score (nSPS) is 17.1. The van der Waals surface area contributed by atoms with Crippen molar-refractivity contribution < 1.29 is 29.0 Å². The van der Waals surface area contributed by atoms with Gasteiger partial charge in [-0.2, -0.15) is 0 Å². The number of carbonyl (C=O) groups is 2. The molecule has 0 aromatic heterocycles. The molecule has 0 radical (unpaired) electrons. The van der Waals surface area contributed by atoms with E-state index in [1.807, 2.05) is 0 Å². The third kappa shape index (κ3) is 3.05. The second-order valence-electron chi connectivity index (χ2n) is 4.04. The Balaban J connectivity index is 2.13. The maximum atomic E-state index is 11.4. The highest BCUT2D eigenvalue weighted by molar-refractivity contribution is 6.05. The zero-order chi connectivity index (χ0) is 14.5. The Kier molecular flexibility index (Phi) is 4.19. The Morgan fingerprint density at radius 2 is 2.20 bits per heavy atom. The monoisotopic (exact) mass is 279 g/mol. The van der Waals surface area contributed by atoms with Crippen LogP contribution in [-0.4, -0.2) is 42.6 Å². The summed E-state index contributed by atoms with van der Waals surface area (Å²) in [6.45, 7) is -0.453. The van der Waals surface area contributed by atoms with E-state index < -0.39 is 24.6 Å². The van der Waals surface area contributed by atoms with Crippen molar-refractivity contribution in [1.29, 1.82) is 0 Å². The maximum absolute atomic E-state index is 11.4. The van der Waals surface area contributed by atoms with E-state index in [1.165, 1.54) is 7.11 Å². The molecule has 106 valence electrons. The van der Waals surface area contributed by atoms with Crippen LogP contribution in [-0.2, 0) is 19.2 Å². The van der Waals surface area contributed by atoms with Gasteiger partial charge in [-0.3, -0.25) is 0 Å². The minimum absolute atomic E-state index is 0.250. The average Bonchev–Trinajstić information content (AvgIpc) is 2.94. The van der Waals surface area contributed by atoms with Gasteiger partial charge in [-0.05, 0) is 12.1 Å². The molecular formula is C13H13NO6. The van der Waals surface area contributed by atoms with Crippen LogP contribution in [0.2, 0.25) is 0 Å². The van der Waals surface area contributed by atoms with Gasteiger partial charge in [0.05, 0.1) is 12.8 Å². The largest absolute Gasteiger partial charge is 0.481 e. The Hall–Kier alpha value is -2.57. The number of esters is 1. The van der Waals surface area contributed by atoms with Crippen LogP contribution in [0.1, 0.15) is 12.0 Å². The highest BCUT2D eigenvalue weighted by atomic mass is 16.7. The predicted octanol–water partition coefficient (Wildman–Crippen LogP) is 0.816. The van der Waals surface area contributed by atoms with Gasteiger partial charge in [0.2, 0.25) is 6.10 Å². The summed E-state index contributed by atoms with van der Waals surface area (Å²) in [7, 11) is 1.27. The lowest BCUT2D eigenvalue weighted by Crippen LogP contribution is -2.22. The van der Waals surface area contributed by atoms with Gasteiger partial charge in [-0.25, -0.2) is 9.59 Å². The summed E-state index contributed by atoms with van der Waals surface area (Å²) in [6.07, 6.45) is -0.525. The van der Waals surface area contributed by atoms with Gasteiger partial charge in [0, 0.05) is 12.0 Å². The molecule has 0 bridgehead atoms. The Bertz CT molecular complexity index is 554. The number of benzene rings is 1. The number of para-hydroxylation sites is 1. The van der Waals surface area contributed by atoms with E-state index in [4.69, 9.17) is 14.7 Å². The Labute approximate surface area is 114 Å². The number of hydrogen-bond acceptors (Lipinski definition) is 6. The first-order chi connectivity index (χ1) is 9.61. The van der Waals surface area contributed by atoms with E-state index in [-0.39, 0.29) is 6.42 Å². The molecule has 0 fully saturated rings. The van der Waals surface area contributed by atoms with Crippen molar-refractivity contribution in [3.05, 3.63) is 29.8 Å². The molecule has 1 aliphatic heterocycles. The van der Waals surface area contributed by atoms with Gasteiger partial charge in [-0.1, -0.05) is 17.3 Å². The summed E-state index contributed by atoms with van der Waals surface area (Å²) < 4.78 is 9.76. The highest BCUT2D eigenvalue weighted by Gasteiger charge is 2.30. The molecule has 0 saturated heterocycles. The van der Waals surface area contributed by atoms with E-state index in [0.29, 0.717) is 17.0 Å². The number of carbonyl (C=O) groups excluding carboxylic acids is 1. The molecule has 20 heavy (non-hydrogen) atoms. The highest BCUT2D eigenvalue weighted by Crippen LogP contribution is 2.25. The van der Waals surface area contributed by atoms with Crippen molar-refractivity contribution in [2.24, 2.45) is 5.16 Å². The number of carboxylic acids is 1. The topological polar surface area (TPSA) is 94.4 Å². The smallest absolute Gasteiger partial charge is 0.350 e. The number of rotatable bonds is 5. The molecule has 7 heteroatoms. The fraction of sp³-hybridized carbons (Fsp3) is 0.308. The molecule has 2 rings (SSSR count). The molecule has 0 aliphatic carbocycles. The van der Waals surface area contributed by atoms with Gasteiger partial charge in [0.25, 0.3) is 0 Å². The van der Waals surface area contributed by atoms with Crippen molar-refractivity contribution in [3.8, 4) is 5.75 Å². The zero-order valence-electron chi connectivity index (χ0n) is 10.7. The average molecular weight is 279 g/mol. The summed E-state index contributed by atoms with van der Waals surface area (Å²) in [4.78, 5) is 26.9. The molecule has 1 aromatic carbocycles. The minimum Gasteiger partial charge on any atom is -0.481 e. The number of oxime groups is 1. The lowest BCUT2D eigenvalue weighted by atomic mass is 10.0. The van der Waals surface area contributed by atoms with E-state index in [2.05, 4.69) is 9.89 Å². The van der Waals surface area contributed by atoms with E-state index >= 15 is 0 Å². The van der Waals surface area contributed by atoms with Crippen LogP contribution < -0.4 is 4.74 Å². The predicted molar refractivity (Wildman–Crippen MR) is 67.6 cm³/mol. The van der Waals surface area contributed by atoms with E-state index in [0.717, 1.165) is 0 Å². The van der Waals surface area contributed by atoms with Crippen LogP contribution in [0.15, 0.2) is 29.4 Å². The van der Waals surface area contributed by atoms with Crippen molar-refractivity contribution in [1.82, 2.24) is 0 Å². The van der Waals surface area contributed by atoms with Crippen LogP contribution in [0.25, 0.3) is 0 Å². The first-order valence-corrected chi connectivity index (χ1v) is 5.86. The van der Waals surface area contributed by atoms with Crippen LogP contribution in [0, 0.1) is 0 Å². The molecule has 0 spiro atoms. The van der Waals surface area contributed by atoms with Gasteiger partial charge < -0.3 is 19.4 Å². The van der Waals surface area contributed by atoms with Crippen LogP contribution >= 0.6 is 0 Å². The van der Waals surface area contributed by atoms with Crippen LogP contribution in [0.3, 0.4) is 0 Å². The third-order valence-corrected chi connectivity index (χ3v) is 2.68. The van der Waals surface area contributed by atoms with E-state index in [1.54, 1.807) is 24.3 Å². The molecule has 1 unspecified atom stereocenters. The molecule has 0 saturated carbocycles. The standard InChI is InChI=1S/C13H13NO6/c1-18-13(17)11-6-9(14-20-11)8-4-2-3-5-10(8)19-7-12(15)16/h2-5,11H,6-7H2,1H3,(H,15,16). The Morgan fingerprint density at radius 1 is 1.45 bits per heavy atom. The molecule has 1 aromatic rings. The fourth-order valence-corrected chi connectivity index (χ4v) is 1.76. The lowest BCUT2D eigenvalue weighted by molar-refractivity contribution is -0.152. The Morgan fingerprint density at radius 3 is 2.90 bits per heavy atom. The maximum Gasteiger partial charge on any atom is 0.350 e. The minimum atomic E-state index is -1.07. The van der Waals surface area contributed by atoms with Gasteiger partial charge in [0.1, 0.15) is 5.75 Å². The molecule has 1 N–H and O–H groups in total. The summed E-state index contributed by atoms with van der Waals surface area (Å²) in [5.41, 5.74) is 1.11. The molecule has 1 atom stereocenters. The summed E-state index contributed by atoms with van der Waals surface area (Å²) in [6, 6.07) is 6.83. The second kappa shape index (κ2) is 6.05. The molecular weight excluding hydrogens is 266 g/mol. The number of aliphatic carboxylic acids is 1. The SMILES string of the molecule is COC(=O)C1CC(c2ccccc2OCC(=O)O)=NO1. The zero-order valence-corrected chi connectivity index (χ0v) is 10.7. The fourth-order valence-electron chi connectivity index (χ4n) is 1.76. The summed E-state index contributed by atoms with van der Waals surface area (Å²) in [5, 5.41) is 12.5. The van der Waals surface area contributed by atoms with Crippen LogP contribution in [0.4, 0.5) is 0 Å². The van der Waals surface area contributed by atoms with Crippen molar-refractivity contribution in [2.45, 2.75) is 12.5 Å². The van der Waals surface area contributed by atoms with E-state index in [9.17, 15) is 9.59 Å². The number of hydrogen-bond donors (Lipinski definition) is 1. The molecule has 1 heterocycles. The summed E-state index contributed by atoms with van der Waals surface area (Å²) >= 11 is 0. The number of methoxy groups -OCH3 is 1. The van der Waals surface area contributed by atoms with Gasteiger partial charge in [-0.15, -0.1) is 0 Å². The second-order valence-corrected chi connectivity index (χ2v) is 4.04.